The minimum absolute atomic E-state index is 0.00970. The van der Waals surface area contributed by atoms with E-state index in [0.717, 1.165) is 34.8 Å². The van der Waals surface area contributed by atoms with Crippen molar-refractivity contribution >= 4 is 21.7 Å². The van der Waals surface area contributed by atoms with E-state index in [0.29, 0.717) is 0 Å². The Hall–Kier alpha value is -1.42. The quantitative estimate of drug-likeness (QED) is 0.880. The van der Waals surface area contributed by atoms with Gasteiger partial charge in [-0.3, -0.25) is 0 Å². The Labute approximate surface area is 135 Å². The Morgan fingerprint density at radius 3 is 2.48 bits per heavy atom. The molecule has 0 saturated heterocycles. The van der Waals surface area contributed by atoms with Crippen molar-refractivity contribution in [1.82, 2.24) is 9.97 Å². The molecule has 1 heterocycles. The van der Waals surface area contributed by atoms with Crippen molar-refractivity contribution < 1.29 is 0 Å². The molecule has 0 aliphatic heterocycles. The molecule has 0 aliphatic rings. The smallest absolute Gasteiger partial charge is 0.135 e. The second kappa shape index (κ2) is 6.56. The van der Waals surface area contributed by atoms with Crippen LogP contribution in [0.15, 0.2) is 34.8 Å². The maximum atomic E-state index is 4.75. The van der Waals surface area contributed by atoms with Crippen LogP contribution in [0.25, 0.3) is 0 Å². The van der Waals surface area contributed by atoms with Gasteiger partial charge in [-0.1, -0.05) is 54.9 Å². The lowest BCUT2D eigenvalue weighted by Crippen LogP contribution is -2.17. The van der Waals surface area contributed by atoms with E-state index >= 15 is 0 Å². The number of rotatable bonds is 4. The lowest BCUT2D eigenvalue weighted by molar-refractivity contribution is 0.563. The van der Waals surface area contributed by atoms with Gasteiger partial charge < -0.3 is 5.32 Å². The average Bonchev–Trinajstić information content (AvgIpc) is 2.41. The van der Waals surface area contributed by atoms with Gasteiger partial charge in [-0.15, -0.1) is 0 Å². The predicted molar refractivity (Wildman–Crippen MR) is 91.8 cm³/mol. The summed E-state index contributed by atoms with van der Waals surface area (Å²) in [6.07, 6.45) is 0.726. The third-order valence-corrected chi connectivity index (χ3v) is 3.98. The fraction of sp³-hybridized carbons (Fsp3) is 0.412. The summed E-state index contributed by atoms with van der Waals surface area (Å²) in [6, 6.07) is 10.3. The molecule has 0 unspecified atom stereocenters. The first-order valence-corrected chi connectivity index (χ1v) is 8.05. The summed E-state index contributed by atoms with van der Waals surface area (Å²) in [4.78, 5) is 9.38. The van der Waals surface area contributed by atoms with Crippen molar-refractivity contribution in [3.63, 3.8) is 0 Å². The number of hydrogen-bond acceptors (Lipinski definition) is 3. The first-order valence-electron chi connectivity index (χ1n) is 7.26. The van der Waals surface area contributed by atoms with E-state index in [2.05, 4.69) is 60.0 Å². The molecule has 21 heavy (non-hydrogen) atoms. The first-order chi connectivity index (χ1) is 9.90. The maximum absolute atomic E-state index is 4.75. The molecule has 4 heteroatoms. The Balaban J connectivity index is 2.38. The zero-order valence-electron chi connectivity index (χ0n) is 13.1. The first kappa shape index (κ1) is 16.0. The Morgan fingerprint density at radius 2 is 1.86 bits per heavy atom. The molecule has 1 aromatic carbocycles. The lowest BCUT2D eigenvalue weighted by atomic mass is 9.92. The molecule has 3 nitrogen and oxygen atoms in total. The van der Waals surface area contributed by atoms with Crippen LogP contribution >= 0.6 is 15.9 Å². The molecule has 112 valence electrons. The SMILES string of the molecule is CCNc1cc(C(C)(C)C)nc(Cc2ccccc2Br)n1. The molecule has 0 aliphatic carbocycles. The molecule has 0 amide bonds. The van der Waals surface area contributed by atoms with Gasteiger partial charge >= 0.3 is 0 Å². The molecule has 0 fully saturated rings. The van der Waals surface area contributed by atoms with Crippen molar-refractivity contribution in [2.75, 3.05) is 11.9 Å². The predicted octanol–water partition coefficient (Wildman–Crippen LogP) is 4.56. The van der Waals surface area contributed by atoms with Gasteiger partial charge in [-0.05, 0) is 18.6 Å². The molecule has 1 aromatic heterocycles. The normalized spacial score (nSPS) is 11.5. The van der Waals surface area contributed by atoms with E-state index in [1.54, 1.807) is 0 Å². The highest BCUT2D eigenvalue weighted by Gasteiger charge is 2.18. The lowest BCUT2D eigenvalue weighted by Gasteiger charge is -2.19. The van der Waals surface area contributed by atoms with Crippen molar-refractivity contribution in [1.29, 1.82) is 0 Å². The fourth-order valence-electron chi connectivity index (χ4n) is 2.04. The second-order valence-electron chi connectivity index (χ2n) is 6.10. The van der Waals surface area contributed by atoms with Gasteiger partial charge in [0.1, 0.15) is 11.6 Å². The summed E-state index contributed by atoms with van der Waals surface area (Å²) in [6.45, 7) is 9.45. The summed E-state index contributed by atoms with van der Waals surface area (Å²) in [5, 5.41) is 3.30. The van der Waals surface area contributed by atoms with Crippen LogP contribution in [0.5, 0.6) is 0 Å². The van der Waals surface area contributed by atoms with Crippen LogP contribution in [0, 0.1) is 0 Å². The van der Waals surface area contributed by atoms with Crippen molar-refractivity contribution in [2.24, 2.45) is 0 Å². The minimum Gasteiger partial charge on any atom is -0.370 e. The molecule has 0 bridgehead atoms. The number of aromatic nitrogens is 2. The zero-order valence-corrected chi connectivity index (χ0v) is 14.7. The number of benzene rings is 1. The third kappa shape index (κ3) is 4.27. The Morgan fingerprint density at radius 1 is 1.14 bits per heavy atom. The van der Waals surface area contributed by atoms with Gasteiger partial charge in [0.2, 0.25) is 0 Å². The number of nitrogens with zero attached hydrogens (tertiary/aromatic N) is 2. The van der Waals surface area contributed by atoms with Crippen LogP contribution in [-0.2, 0) is 11.8 Å². The van der Waals surface area contributed by atoms with Gasteiger partial charge in [0.05, 0.1) is 5.69 Å². The molecule has 0 atom stereocenters. The van der Waals surface area contributed by atoms with E-state index in [1.807, 2.05) is 24.3 Å². The largest absolute Gasteiger partial charge is 0.370 e. The summed E-state index contributed by atoms with van der Waals surface area (Å²) >= 11 is 3.59. The number of halogens is 1. The summed E-state index contributed by atoms with van der Waals surface area (Å²) in [5.74, 6) is 1.75. The van der Waals surface area contributed by atoms with Crippen molar-refractivity contribution in [3.8, 4) is 0 Å². The van der Waals surface area contributed by atoms with E-state index in [1.165, 1.54) is 5.56 Å². The number of nitrogens with one attached hydrogen (secondary N) is 1. The van der Waals surface area contributed by atoms with Crippen LogP contribution in [0.2, 0.25) is 0 Å². The Bertz CT molecular complexity index is 618. The maximum Gasteiger partial charge on any atom is 0.135 e. The van der Waals surface area contributed by atoms with Crippen LogP contribution in [0.1, 0.15) is 44.8 Å². The van der Waals surface area contributed by atoms with Crippen LogP contribution in [-0.4, -0.2) is 16.5 Å². The molecule has 0 radical (unpaired) electrons. The van der Waals surface area contributed by atoms with Gasteiger partial charge in [0.15, 0.2) is 0 Å². The van der Waals surface area contributed by atoms with E-state index < -0.39 is 0 Å². The molecule has 0 saturated carbocycles. The summed E-state index contributed by atoms with van der Waals surface area (Å²) < 4.78 is 1.10. The van der Waals surface area contributed by atoms with Crippen LogP contribution in [0.4, 0.5) is 5.82 Å². The van der Waals surface area contributed by atoms with E-state index in [9.17, 15) is 0 Å². The highest BCUT2D eigenvalue weighted by atomic mass is 79.9. The van der Waals surface area contributed by atoms with Crippen LogP contribution in [0.3, 0.4) is 0 Å². The van der Waals surface area contributed by atoms with Gasteiger partial charge in [0.25, 0.3) is 0 Å². The van der Waals surface area contributed by atoms with E-state index in [-0.39, 0.29) is 5.41 Å². The Kier molecular flexibility index (Phi) is 4.99. The average molecular weight is 348 g/mol. The van der Waals surface area contributed by atoms with Crippen molar-refractivity contribution in [3.05, 3.63) is 51.9 Å². The van der Waals surface area contributed by atoms with Gasteiger partial charge in [-0.25, -0.2) is 9.97 Å². The number of hydrogen-bond donors (Lipinski definition) is 1. The zero-order chi connectivity index (χ0) is 15.5. The highest BCUT2D eigenvalue weighted by Crippen LogP contribution is 2.24. The molecular weight excluding hydrogens is 326 g/mol. The molecule has 2 aromatic rings. The van der Waals surface area contributed by atoms with Crippen LogP contribution < -0.4 is 5.32 Å². The number of anilines is 1. The van der Waals surface area contributed by atoms with E-state index in [4.69, 9.17) is 4.98 Å². The van der Waals surface area contributed by atoms with Gasteiger partial charge in [-0.2, -0.15) is 0 Å². The molecule has 2 rings (SSSR count). The second-order valence-corrected chi connectivity index (χ2v) is 6.96. The third-order valence-electron chi connectivity index (χ3n) is 3.21. The monoisotopic (exact) mass is 347 g/mol. The highest BCUT2D eigenvalue weighted by molar-refractivity contribution is 9.10. The molecular formula is C17H22BrN3. The summed E-state index contributed by atoms with van der Waals surface area (Å²) in [5.41, 5.74) is 2.27. The van der Waals surface area contributed by atoms with Gasteiger partial charge in [0, 0.05) is 28.9 Å². The molecule has 0 spiro atoms. The minimum atomic E-state index is 0.00970. The van der Waals surface area contributed by atoms with Crippen molar-refractivity contribution in [2.45, 2.75) is 39.5 Å². The molecule has 1 N–H and O–H groups in total. The fourth-order valence-corrected chi connectivity index (χ4v) is 2.47. The summed E-state index contributed by atoms with van der Waals surface area (Å²) in [7, 11) is 0. The standard InChI is InChI=1S/C17H22BrN3/c1-5-19-15-11-14(17(2,3)4)20-16(21-15)10-12-8-6-7-9-13(12)18/h6-9,11H,5,10H2,1-4H3,(H,19,20,21). The topological polar surface area (TPSA) is 37.8 Å².